The second-order valence-electron chi connectivity index (χ2n) is 4.11. The first-order valence-corrected chi connectivity index (χ1v) is 5.66. The summed E-state index contributed by atoms with van der Waals surface area (Å²) in [6.45, 7) is 4.71. The number of rotatable bonds is 5. The van der Waals surface area contributed by atoms with E-state index in [4.69, 9.17) is 5.11 Å². The fourth-order valence-electron chi connectivity index (χ4n) is 1.31. The summed E-state index contributed by atoms with van der Waals surface area (Å²) in [5, 5.41) is 11.6. The molecule has 0 aliphatic carbocycles. The molecule has 0 saturated heterocycles. The molecule has 1 unspecified atom stereocenters. The van der Waals surface area contributed by atoms with Crippen LogP contribution in [0.1, 0.15) is 41.0 Å². The van der Waals surface area contributed by atoms with Gasteiger partial charge in [0.05, 0.1) is 5.56 Å². The molecule has 4 nitrogen and oxygen atoms in total. The first kappa shape index (κ1) is 13.2. The molecule has 17 heavy (non-hydrogen) atoms. The Hall–Kier alpha value is -1.84. The number of nitrogens with one attached hydrogen (secondary N) is 1. The van der Waals surface area contributed by atoms with Gasteiger partial charge in [-0.25, -0.2) is 4.79 Å². The van der Waals surface area contributed by atoms with Gasteiger partial charge in [-0.05, 0) is 24.1 Å². The van der Waals surface area contributed by atoms with E-state index in [1.807, 2.05) is 6.92 Å². The molecule has 1 rings (SSSR count). The van der Waals surface area contributed by atoms with Gasteiger partial charge in [-0.2, -0.15) is 0 Å². The number of carboxylic acid groups (broad SMARTS) is 1. The average Bonchev–Trinajstić information content (AvgIpc) is 2.35. The minimum Gasteiger partial charge on any atom is -0.478 e. The van der Waals surface area contributed by atoms with Crippen LogP contribution in [0.2, 0.25) is 0 Å². The minimum atomic E-state index is -1.03. The maximum absolute atomic E-state index is 11.7. The Balaban J connectivity index is 2.69. The van der Waals surface area contributed by atoms with Crippen molar-refractivity contribution in [2.45, 2.75) is 20.3 Å². The van der Waals surface area contributed by atoms with Crippen molar-refractivity contribution in [1.29, 1.82) is 0 Å². The van der Waals surface area contributed by atoms with Gasteiger partial charge in [0.1, 0.15) is 0 Å². The molecule has 0 saturated carbocycles. The number of hydrogen-bond donors (Lipinski definition) is 2. The summed E-state index contributed by atoms with van der Waals surface area (Å²) in [6, 6.07) is 6.03. The zero-order valence-electron chi connectivity index (χ0n) is 10.1. The first-order chi connectivity index (χ1) is 8.04. The number of carbonyl (C=O) groups excluding carboxylic acids is 1. The minimum absolute atomic E-state index is 0.126. The van der Waals surface area contributed by atoms with Crippen LogP contribution in [-0.4, -0.2) is 23.5 Å². The highest BCUT2D eigenvalue weighted by molar-refractivity contribution is 5.97. The van der Waals surface area contributed by atoms with Crippen molar-refractivity contribution in [2.24, 2.45) is 5.92 Å². The molecule has 1 aromatic rings. The number of hydrogen-bond acceptors (Lipinski definition) is 2. The van der Waals surface area contributed by atoms with Gasteiger partial charge in [-0.1, -0.05) is 26.3 Å². The van der Waals surface area contributed by atoms with E-state index >= 15 is 0 Å². The van der Waals surface area contributed by atoms with Crippen molar-refractivity contribution < 1.29 is 14.7 Å². The molecule has 92 valence electrons. The molecular weight excluding hydrogens is 218 g/mol. The van der Waals surface area contributed by atoms with Crippen molar-refractivity contribution in [1.82, 2.24) is 5.32 Å². The lowest BCUT2D eigenvalue weighted by Crippen LogP contribution is -2.28. The Kier molecular flexibility index (Phi) is 4.69. The van der Waals surface area contributed by atoms with Gasteiger partial charge in [0.15, 0.2) is 0 Å². The van der Waals surface area contributed by atoms with Crippen LogP contribution in [0.3, 0.4) is 0 Å². The van der Waals surface area contributed by atoms with Crippen molar-refractivity contribution in [3.05, 3.63) is 35.4 Å². The normalized spacial score (nSPS) is 11.9. The summed E-state index contributed by atoms with van der Waals surface area (Å²) in [5.74, 6) is -0.836. The Morgan fingerprint density at radius 3 is 2.59 bits per heavy atom. The fourth-order valence-corrected chi connectivity index (χ4v) is 1.31. The lowest BCUT2D eigenvalue weighted by atomic mass is 10.1. The van der Waals surface area contributed by atoms with E-state index < -0.39 is 5.97 Å². The highest BCUT2D eigenvalue weighted by Crippen LogP contribution is 2.06. The molecule has 1 amide bonds. The average molecular weight is 235 g/mol. The van der Waals surface area contributed by atoms with Gasteiger partial charge in [0.2, 0.25) is 0 Å². The van der Waals surface area contributed by atoms with E-state index in [0.29, 0.717) is 18.0 Å². The molecule has 0 fully saturated rings. The molecule has 4 heteroatoms. The monoisotopic (exact) mass is 235 g/mol. The predicted octanol–water partition coefficient (Wildman–Crippen LogP) is 2.16. The topological polar surface area (TPSA) is 66.4 Å². The largest absolute Gasteiger partial charge is 0.478 e. The quantitative estimate of drug-likeness (QED) is 0.821. The summed E-state index contributed by atoms with van der Waals surface area (Å²) in [6.07, 6.45) is 0.995. The molecule has 0 aliphatic rings. The van der Waals surface area contributed by atoms with Gasteiger partial charge in [0.25, 0.3) is 5.91 Å². The fraction of sp³-hybridized carbons (Fsp3) is 0.385. The van der Waals surface area contributed by atoms with Crippen LogP contribution >= 0.6 is 0 Å². The van der Waals surface area contributed by atoms with Crippen LogP contribution < -0.4 is 5.32 Å². The maximum Gasteiger partial charge on any atom is 0.335 e. The number of amides is 1. The third-order valence-corrected chi connectivity index (χ3v) is 2.68. The molecule has 0 heterocycles. The number of benzene rings is 1. The summed E-state index contributed by atoms with van der Waals surface area (Å²) in [4.78, 5) is 22.5. The van der Waals surface area contributed by atoms with E-state index in [0.717, 1.165) is 6.42 Å². The van der Waals surface area contributed by atoms with Crippen molar-refractivity contribution in [3.63, 3.8) is 0 Å². The Morgan fingerprint density at radius 2 is 2.00 bits per heavy atom. The molecule has 1 atom stereocenters. The second kappa shape index (κ2) is 6.03. The van der Waals surface area contributed by atoms with Crippen LogP contribution in [0.4, 0.5) is 0 Å². The third kappa shape index (κ3) is 3.90. The van der Waals surface area contributed by atoms with Crippen LogP contribution in [0, 0.1) is 5.92 Å². The Bertz CT molecular complexity index is 415. The van der Waals surface area contributed by atoms with Crippen LogP contribution in [-0.2, 0) is 0 Å². The molecule has 0 aliphatic heterocycles. The van der Waals surface area contributed by atoms with E-state index in [9.17, 15) is 9.59 Å². The molecule has 1 aromatic carbocycles. The van der Waals surface area contributed by atoms with E-state index in [1.165, 1.54) is 12.1 Å². The van der Waals surface area contributed by atoms with Gasteiger partial charge in [0, 0.05) is 12.1 Å². The standard InChI is InChI=1S/C13H17NO3/c1-3-9(2)8-14-12(15)10-5-4-6-11(7-10)13(16)17/h4-7,9H,3,8H2,1-2H3,(H,14,15)(H,16,17). The lowest BCUT2D eigenvalue weighted by molar-refractivity contribution is 0.0697. The SMILES string of the molecule is CCC(C)CNC(=O)c1cccc(C(=O)O)c1. The van der Waals surface area contributed by atoms with Gasteiger partial charge in [-0.15, -0.1) is 0 Å². The second-order valence-corrected chi connectivity index (χ2v) is 4.11. The Labute approximate surface area is 101 Å². The van der Waals surface area contributed by atoms with Crippen LogP contribution in [0.5, 0.6) is 0 Å². The highest BCUT2D eigenvalue weighted by atomic mass is 16.4. The summed E-state index contributed by atoms with van der Waals surface area (Å²) in [7, 11) is 0. The molecule has 0 radical (unpaired) electrons. The molecule has 0 spiro atoms. The molecule has 2 N–H and O–H groups in total. The van der Waals surface area contributed by atoms with Gasteiger partial charge < -0.3 is 10.4 Å². The van der Waals surface area contributed by atoms with Gasteiger partial charge in [-0.3, -0.25) is 4.79 Å². The third-order valence-electron chi connectivity index (χ3n) is 2.68. The van der Waals surface area contributed by atoms with E-state index in [1.54, 1.807) is 12.1 Å². The molecule has 0 aromatic heterocycles. The van der Waals surface area contributed by atoms with Crippen molar-refractivity contribution in [3.8, 4) is 0 Å². The highest BCUT2D eigenvalue weighted by Gasteiger charge is 2.09. The molecular formula is C13H17NO3. The van der Waals surface area contributed by atoms with E-state index in [-0.39, 0.29) is 11.5 Å². The number of carbonyl (C=O) groups is 2. The predicted molar refractivity (Wildman–Crippen MR) is 65.2 cm³/mol. The van der Waals surface area contributed by atoms with Crippen LogP contribution in [0.15, 0.2) is 24.3 Å². The summed E-state index contributed by atoms with van der Waals surface area (Å²) in [5.41, 5.74) is 0.509. The Morgan fingerprint density at radius 1 is 1.35 bits per heavy atom. The molecule has 0 bridgehead atoms. The summed E-state index contributed by atoms with van der Waals surface area (Å²) >= 11 is 0. The smallest absolute Gasteiger partial charge is 0.335 e. The summed E-state index contributed by atoms with van der Waals surface area (Å²) < 4.78 is 0. The number of carboxylic acids is 1. The maximum atomic E-state index is 11.7. The van der Waals surface area contributed by atoms with E-state index in [2.05, 4.69) is 12.2 Å². The van der Waals surface area contributed by atoms with Gasteiger partial charge >= 0.3 is 5.97 Å². The zero-order valence-corrected chi connectivity index (χ0v) is 10.1. The lowest BCUT2D eigenvalue weighted by Gasteiger charge is -2.10. The zero-order chi connectivity index (χ0) is 12.8. The van der Waals surface area contributed by atoms with Crippen molar-refractivity contribution in [2.75, 3.05) is 6.54 Å². The van der Waals surface area contributed by atoms with Crippen molar-refractivity contribution >= 4 is 11.9 Å². The first-order valence-electron chi connectivity index (χ1n) is 5.66. The van der Waals surface area contributed by atoms with Crippen LogP contribution in [0.25, 0.3) is 0 Å². The number of aromatic carboxylic acids is 1.